The molecule has 0 bridgehead atoms. The van der Waals surface area contributed by atoms with E-state index >= 15 is 0 Å². The second-order valence-electron chi connectivity index (χ2n) is 7.11. The number of rotatable bonds is 7. The van der Waals surface area contributed by atoms with Crippen LogP contribution in [0.15, 0.2) is 65.6 Å². The lowest BCUT2D eigenvalue weighted by atomic mass is 10.1. The van der Waals surface area contributed by atoms with Crippen LogP contribution in [0.3, 0.4) is 0 Å². The van der Waals surface area contributed by atoms with Gasteiger partial charge in [-0.3, -0.25) is 4.79 Å². The number of halogens is 2. The monoisotopic (exact) mass is 431 g/mol. The third-order valence-corrected chi connectivity index (χ3v) is 6.34. The number of hydrogen-bond acceptors (Lipinski definition) is 4. The number of sulfone groups is 1. The highest BCUT2D eigenvalue weighted by Crippen LogP contribution is 2.40. The molecule has 1 aromatic heterocycles. The van der Waals surface area contributed by atoms with E-state index in [1.165, 1.54) is 18.2 Å². The summed E-state index contributed by atoms with van der Waals surface area (Å²) in [6, 6.07) is 16.4. The maximum atomic E-state index is 13.0. The van der Waals surface area contributed by atoms with Crippen molar-refractivity contribution in [2.24, 2.45) is 0 Å². The quantitative estimate of drug-likeness (QED) is 0.615. The van der Waals surface area contributed by atoms with Crippen molar-refractivity contribution < 1.29 is 22.0 Å². The fourth-order valence-corrected chi connectivity index (χ4v) is 4.18. The number of benzene rings is 2. The number of nitrogens with one attached hydrogen (secondary N) is 1. The normalized spacial score (nSPS) is 14.1. The number of hydrogen-bond donors (Lipinski definition) is 1. The van der Waals surface area contributed by atoms with Gasteiger partial charge in [0.1, 0.15) is 5.82 Å². The fourth-order valence-electron chi connectivity index (χ4n) is 3.22. The molecule has 1 amide bonds. The summed E-state index contributed by atoms with van der Waals surface area (Å²) in [5.41, 5.74) is 1.65. The van der Waals surface area contributed by atoms with Crippen LogP contribution in [0.4, 0.5) is 14.6 Å². The molecule has 1 N–H and O–H groups in total. The number of carbonyl (C=O) groups is 1. The highest BCUT2D eigenvalue weighted by molar-refractivity contribution is 7.91. The van der Waals surface area contributed by atoms with Crippen molar-refractivity contribution in [2.75, 3.05) is 5.32 Å². The van der Waals surface area contributed by atoms with Gasteiger partial charge < -0.3 is 5.32 Å². The zero-order valence-corrected chi connectivity index (χ0v) is 16.6. The van der Waals surface area contributed by atoms with E-state index in [0.717, 1.165) is 30.3 Å². The third-order valence-electron chi connectivity index (χ3n) is 4.86. The zero-order valence-electron chi connectivity index (χ0n) is 15.8. The van der Waals surface area contributed by atoms with Crippen LogP contribution in [-0.4, -0.2) is 29.9 Å². The van der Waals surface area contributed by atoms with Gasteiger partial charge in [-0.2, -0.15) is 13.9 Å². The average Bonchev–Trinajstić information content (AvgIpc) is 3.49. The van der Waals surface area contributed by atoms with Crippen LogP contribution in [0.25, 0.3) is 5.69 Å². The first-order valence-corrected chi connectivity index (χ1v) is 11.0. The molecular weight excluding hydrogens is 412 g/mol. The Labute approximate surface area is 172 Å². The summed E-state index contributed by atoms with van der Waals surface area (Å²) >= 11 is 0. The van der Waals surface area contributed by atoms with Gasteiger partial charge in [0.2, 0.25) is 15.7 Å². The lowest BCUT2D eigenvalue weighted by Crippen LogP contribution is -2.20. The molecule has 1 aliphatic carbocycles. The zero-order chi connectivity index (χ0) is 21.3. The first kappa shape index (κ1) is 20.2. The molecule has 9 heteroatoms. The number of alkyl halides is 2. The van der Waals surface area contributed by atoms with Crippen molar-refractivity contribution in [1.82, 2.24) is 9.78 Å². The molecule has 0 atom stereocenters. The molecule has 4 rings (SSSR count). The van der Waals surface area contributed by atoms with Gasteiger partial charge in [0.15, 0.2) is 0 Å². The second-order valence-corrected chi connectivity index (χ2v) is 9.00. The summed E-state index contributed by atoms with van der Waals surface area (Å²) in [5, 5.41) is 7.34. The minimum absolute atomic E-state index is 0.0171. The maximum absolute atomic E-state index is 13.0. The Balaban J connectivity index is 1.60. The van der Waals surface area contributed by atoms with E-state index in [1.54, 1.807) is 10.7 Å². The van der Waals surface area contributed by atoms with Crippen LogP contribution in [0.1, 0.15) is 30.0 Å². The van der Waals surface area contributed by atoms with Crippen LogP contribution >= 0.6 is 0 Å². The molecule has 1 fully saturated rings. The summed E-state index contributed by atoms with van der Waals surface area (Å²) in [7, 11) is -4.81. The minimum atomic E-state index is -4.81. The van der Waals surface area contributed by atoms with E-state index in [9.17, 15) is 22.0 Å². The SMILES string of the molecule is O=C(Cc1ccccc1S(=O)(=O)C(F)F)Nc1cc(C2CC2)nn1-c1ccccc1. The smallest absolute Gasteiger partial charge is 0.310 e. The first-order chi connectivity index (χ1) is 14.4. The Morgan fingerprint density at radius 2 is 1.77 bits per heavy atom. The highest BCUT2D eigenvalue weighted by atomic mass is 32.2. The lowest BCUT2D eigenvalue weighted by Gasteiger charge is -2.11. The topological polar surface area (TPSA) is 81.1 Å². The van der Waals surface area contributed by atoms with E-state index in [1.807, 2.05) is 30.3 Å². The predicted octanol–water partition coefficient (Wildman–Crippen LogP) is 3.93. The van der Waals surface area contributed by atoms with Crippen molar-refractivity contribution in [2.45, 2.75) is 35.8 Å². The van der Waals surface area contributed by atoms with Crippen LogP contribution in [0.5, 0.6) is 0 Å². The molecule has 30 heavy (non-hydrogen) atoms. The number of carbonyl (C=O) groups excluding carboxylic acids is 1. The third kappa shape index (κ3) is 4.11. The molecule has 6 nitrogen and oxygen atoms in total. The number of nitrogens with zero attached hydrogens (tertiary/aromatic N) is 2. The van der Waals surface area contributed by atoms with Gasteiger partial charge in [-0.05, 0) is 36.6 Å². The van der Waals surface area contributed by atoms with Crippen molar-refractivity contribution in [3.63, 3.8) is 0 Å². The van der Waals surface area contributed by atoms with E-state index < -0.39 is 26.4 Å². The van der Waals surface area contributed by atoms with Crippen LogP contribution in [0, 0.1) is 0 Å². The highest BCUT2D eigenvalue weighted by Gasteiger charge is 2.30. The molecule has 0 unspecified atom stereocenters. The molecular formula is C21H19F2N3O3S. The van der Waals surface area contributed by atoms with Crippen molar-refractivity contribution in [1.29, 1.82) is 0 Å². The van der Waals surface area contributed by atoms with E-state index in [2.05, 4.69) is 10.4 Å². The Hall–Kier alpha value is -3.07. The van der Waals surface area contributed by atoms with Gasteiger partial charge in [0.05, 0.1) is 22.7 Å². The molecule has 0 radical (unpaired) electrons. The minimum Gasteiger partial charge on any atom is -0.310 e. The molecule has 0 aliphatic heterocycles. The van der Waals surface area contributed by atoms with Crippen molar-refractivity contribution in [3.8, 4) is 5.69 Å². The largest absolute Gasteiger partial charge is 0.341 e. The lowest BCUT2D eigenvalue weighted by molar-refractivity contribution is -0.115. The summed E-state index contributed by atoms with van der Waals surface area (Å²) in [5.74, 6) is -3.27. The number of amides is 1. The number of aromatic nitrogens is 2. The standard InChI is InChI=1S/C21H19F2N3O3S/c22-21(23)30(28,29)18-9-5-4-6-15(18)12-20(27)24-19-13-17(14-10-11-14)25-26(19)16-7-2-1-3-8-16/h1-9,13-14,21H,10-12H2,(H,24,27). The second kappa shape index (κ2) is 7.98. The summed E-state index contributed by atoms with van der Waals surface area (Å²) in [4.78, 5) is 12.1. The Morgan fingerprint density at radius 3 is 2.43 bits per heavy atom. The predicted molar refractivity (Wildman–Crippen MR) is 108 cm³/mol. The van der Waals surface area contributed by atoms with Gasteiger partial charge in [-0.15, -0.1) is 0 Å². The Bertz CT molecular complexity index is 1170. The summed E-state index contributed by atoms with van der Waals surface area (Å²) < 4.78 is 51.4. The molecule has 0 spiro atoms. The maximum Gasteiger partial charge on any atom is 0.341 e. The van der Waals surface area contributed by atoms with Crippen LogP contribution < -0.4 is 5.32 Å². The van der Waals surface area contributed by atoms with Crippen molar-refractivity contribution in [3.05, 3.63) is 71.9 Å². The average molecular weight is 431 g/mol. The molecule has 1 heterocycles. The molecule has 156 valence electrons. The van der Waals surface area contributed by atoms with Crippen LogP contribution in [0.2, 0.25) is 0 Å². The van der Waals surface area contributed by atoms with Crippen LogP contribution in [-0.2, 0) is 21.1 Å². The Morgan fingerprint density at radius 1 is 1.10 bits per heavy atom. The van der Waals surface area contributed by atoms with Crippen molar-refractivity contribution >= 4 is 21.6 Å². The number of anilines is 1. The van der Waals surface area contributed by atoms with E-state index in [4.69, 9.17) is 0 Å². The van der Waals surface area contributed by atoms with E-state index in [-0.39, 0.29) is 12.0 Å². The van der Waals surface area contributed by atoms with E-state index in [0.29, 0.717) is 11.7 Å². The molecule has 0 saturated heterocycles. The van der Waals surface area contributed by atoms with Gasteiger partial charge >= 0.3 is 5.76 Å². The number of para-hydroxylation sites is 1. The first-order valence-electron chi connectivity index (χ1n) is 9.41. The van der Waals surface area contributed by atoms with Gasteiger partial charge in [-0.25, -0.2) is 13.1 Å². The van der Waals surface area contributed by atoms with Gasteiger partial charge in [0.25, 0.3) is 0 Å². The van der Waals surface area contributed by atoms with Gasteiger partial charge in [-0.1, -0.05) is 36.4 Å². The summed E-state index contributed by atoms with van der Waals surface area (Å²) in [6.45, 7) is 0. The van der Waals surface area contributed by atoms with Gasteiger partial charge in [0, 0.05) is 12.0 Å². The molecule has 3 aromatic rings. The fraction of sp³-hybridized carbons (Fsp3) is 0.238. The summed E-state index contributed by atoms with van der Waals surface area (Å²) in [6.07, 6.45) is 1.72. The Kier molecular flexibility index (Phi) is 5.38. The molecule has 2 aromatic carbocycles. The molecule has 1 aliphatic rings. The molecule has 1 saturated carbocycles.